The summed E-state index contributed by atoms with van der Waals surface area (Å²) in [6.45, 7) is 9.03. The minimum atomic E-state index is -0.766. The zero-order valence-corrected chi connectivity index (χ0v) is 23.7. The maximum atomic E-state index is 13.9. The molecule has 0 aliphatic carbocycles. The Balaban J connectivity index is 1.65. The van der Waals surface area contributed by atoms with Gasteiger partial charge in [-0.15, -0.1) is 0 Å². The quantitative estimate of drug-likeness (QED) is 0.211. The number of fused-ring (bicyclic) bond motifs is 2. The number of benzene rings is 3. The molecule has 5 rings (SSSR count). The lowest BCUT2D eigenvalue weighted by Gasteiger charge is -2.26. The monoisotopic (exact) mass is 563 g/mol. The van der Waals surface area contributed by atoms with Gasteiger partial charge in [0.15, 0.2) is 16.9 Å². The van der Waals surface area contributed by atoms with Gasteiger partial charge in [0.1, 0.15) is 11.4 Å². The maximum absolute atomic E-state index is 13.9. The Morgan fingerprint density at radius 2 is 1.77 bits per heavy atom. The van der Waals surface area contributed by atoms with E-state index in [0.717, 1.165) is 12.0 Å². The number of ether oxygens (including phenoxy) is 2. The molecule has 0 spiro atoms. The third-order valence-electron chi connectivity index (χ3n) is 7.05. The number of rotatable bonds is 9. The molecule has 1 aromatic heterocycles. The molecule has 1 amide bonds. The van der Waals surface area contributed by atoms with Crippen molar-refractivity contribution in [1.82, 2.24) is 4.90 Å². The normalized spacial score (nSPS) is 14.7. The molecule has 8 heteroatoms. The first-order valence-corrected chi connectivity index (χ1v) is 13.8. The Morgan fingerprint density at radius 3 is 2.48 bits per heavy atom. The van der Waals surface area contributed by atoms with E-state index in [9.17, 15) is 14.0 Å². The number of aryl methyl sites for hydroxylation is 1. The van der Waals surface area contributed by atoms with Crippen molar-refractivity contribution in [2.45, 2.75) is 46.7 Å². The first-order chi connectivity index (χ1) is 19.2. The molecule has 0 N–H and O–H groups in total. The molecule has 0 saturated carbocycles. The van der Waals surface area contributed by atoms with Crippen LogP contribution in [0.3, 0.4) is 0 Å². The predicted octanol–water partition coefficient (Wildman–Crippen LogP) is 7.46. The summed E-state index contributed by atoms with van der Waals surface area (Å²) < 4.78 is 31.6. The number of amides is 1. The number of nitrogens with zero attached hydrogens (tertiary/aromatic N) is 1. The van der Waals surface area contributed by atoms with E-state index in [2.05, 4.69) is 13.8 Å². The Hall–Kier alpha value is -3.84. The summed E-state index contributed by atoms with van der Waals surface area (Å²) in [5.74, 6) is 0.792. The van der Waals surface area contributed by atoms with Gasteiger partial charge < -0.3 is 18.8 Å². The SMILES string of the molecule is CCOc1cc(C2c3c(oc4cc(C)c(Cl)cc4c3=O)C(=O)N2Cc2ccc(F)cc2)ccc1OCCC(C)C. The standard InChI is InChI=1S/C32H31ClFNO5/c1-5-38-27-15-21(8-11-25(27)39-13-12-18(2)3)29-28-30(36)23-16-24(33)19(4)14-26(23)40-31(28)32(37)35(29)17-20-6-9-22(34)10-7-20/h6-11,14-16,18,29H,5,12-13,17H2,1-4H3. The fourth-order valence-corrected chi connectivity index (χ4v) is 5.09. The van der Waals surface area contributed by atoms with Gasteiger partial charge in [0.25, 0.3) is 5.91 Å². The van der Waals surface area contributed by atoms with Crippen LogP contribution in [-0.4, -0.2) is 24.0 Å². The summed E-state index contributed by atoms with van der Waals surface area (Å²) in [6, 6.07) is 13.9. The number of carbonyl (C=O) groups excluding carboxylic acids is 1. The van der Waals surface area contributed by atoms with Crippen molar-refractivity contribution in [3.63, 3.8) is 0 Å². The summed E-state index contributed by atoms with van der Waals surface area (Å²) >= 11 is 6.36. The van der Waals surface area contributed by atoms with Gasteiger partial charge in [0, 0.05) is 11.6 Å². The van der Waals surface area contributed by atoms with E-state index in [1.165, 1.54) is 12.1 Å². The maximum Gasteiger partial charge on any atom is 0.291 e. The van der Waals surface area contributed by atoms with Crippen LogP contribution in [0.1, 0.15) is 66.0 Å². The fraction of sp³-hybridized carbons (Fsp3) is 0.312. The van der Waals surface area contributed by atoms with Crippen molar-refractivity contribution in [2.24, 2.45) is 5.92 Å². The van der Waals surface area contributed by atoms with Gasteiger partial charge >= 0.3 is 0 Å². The minimum absolute atomic E-state index is 0.0125. The molecule has 0 fully saturated rings. The van der Waals surface area contributed by atoms with E-state index in [1.807, 2.05) is 25.1 Å². The molecular formula is C32H31ClFNO5. The molecule has 0 saturated heterocycles. The van der Waals surface area contributed by atoms with Crippen LogP contribution in [0.2, 0.25) is 5.02 Å². The highest BCUT2D eigenvalue weighted by atomic mass is 35.5. The van der Waals surface area contributed by atoms with E-state index < -0.39 is 11.9 Å². The third-order valence-corrected chi connectivity index (χ3v) is 7.46. The van der Waals surface area contributed by atoms with Crippen LogP contribution in [0.4, 0.5) is 4.39 Å². The Morgan fingerprint density at radius 1 is 1.02 bits per heavy atom. The van der Waals surface area contributed by atoms with Crippen LogP contribution in [0.5, 0.6) is 11.5 Å². The molecule has 1 unspecified atom stereocenters. The average Bonchev–Trinajstić information content (AvgIpc) is 3.19. The zero-order chi connectivity index (χ0) is 28.6. The highest BCUT2D eigenvalue weighted by Crippen LogP contribution is 2.42. The molecule has 1 aliphatic heterocycles. The first kappa shape index (κ1) is 27.7. The highest BCUT2D eigenvalue weighted by molar-refractivity contribution is 6.32. The van der Waals surface area contributed by atoms with Gasteiger partial charge in [0.05, 0.1) is 30.2 Å². The molecule has 2 heterocycles. The number of halogens is 2. The van der Waals surface area contributed by atoms with Gasteiger partial charge in [-0.1, -0.05) is 43.6 Å². The molecule has 1 aliphatic rings. The van der Waals surface area contributed by atoms with E-state index in [0.29, 0.717) is 57.7 Å². The molecule has 1 atom stereocenters. The lowest BCUT2D eigenvalue weighted by atomic mass is 9.97. The van der Waals surface area contributed by atoms with Crippen LogP contribution in [0.15, 0.2) is 63.8 Å². The average molecular weight is 564 g/mol. The van der Waals surface area contributed by atoms with Gasteiger partial charge in [0.2, 0.25) is 5.76 Å². The predicted molar refractivity (Wildman–Crippen MR) is 153 cm³/mol. The largest absolute Gasteiger partial charge is 0.490 e. The van der Waals surface area contributed by atoms with Gasteiger partial charge in [-0.2, -0.15) is 0 Å². The number of carbonyl (C=O) groups is 1. The van der Waals surface area contributed by atoms with Gasteiger partial charge in [-0.05, 0) is 79.3 Å². The van der Waals surface area contributed by atoms with E-state index in [4.69, 9.17) is 25.5 Å². The van der Waals surface area contributed by atoms with Crippen LogP contribution in [0, 0.1) is 18.7 Å². The second kappa shape index (κ2) is 11.3. The van der Waals surface area contributed by atoms with E-state index in [1.54, 1.807) is 36.1 Å². The second-order valence-electron chi connectivity index (χ2n) is 10.4. The van der Waals surface area contributed by atoms with Crippen LogP contribution in [0.25, 0.3) is 11.0 Å². The molecule has 40 heavy (non-hydrogen) atoms. The summed E-state index contributed by atoms with van der Waals surface area (Å²) in [6.07, 6.45) is 0.888. The van der Waals surface area contributed by atoms with Crippen LogP contribution in [-0.2, 0) is 6.54 Å². The molecule has 6 nitrogen and oxygen atoms in total. The Labute approximate surface area is 237 Å². The van der Waals surface area contributed by atoms with E-state index in [-0.39, 0.29) is 29.1 Å². The lowest BCUT2D eigenvalue weighted by molar-refractivity contribution is 0.0714. The van der Waals surface area contributed by atoms with Gasteiger partial charge in [-0.25, -0.2) is 4.39 Å². The number of hydrogen-bond acceptors (Lipinski definition) is 5. The lowest BCUT2D eigenvalue weighted by Crippen LogP contribution is -2.29. The molecule has 4 aromatic rings. The smallest absolute Gasteiger partial charge is 0.291 e. The van der Waals surface area contributed by atoms with Crippen molar-refractivity contribution < 1.29 is 23.1 Å². The fourth-order valence-electron chi connectivity index (χ4n) is 4.92. The van der Waals surface area contributed by atoms with E-state index >= 15 is 0 Å². The van der Waals surface area contributed by atoms with Crippen molar-refractivity contribution in [2.75, 3.05) is 13.2 Å². The number of hydrogen-bond donors (Lipinski definition) is 0. The van der Waals surface area contributed by atoms with Crippen molar-refractivity contribution >= 4 is 28.5 Å². The molecule has 0 radical (unpaired) electrons. The second-order valence-corrected chi connectivity index (χ2v) is 10.8. The summed E-state index contributed by atoms with van der Waals surface area (Å²) in [5.41, 5.74) is 2.31. The third kappa shape index (κ3) is 5.30. The molecule has 3 aromatic carbocycles. The van der Waals surface area contributed by atoms with Crippen LogP contribution >= 0.6 is 11.6 Å². The zero-order valence-electron chi connectivity index (χ0n) is 22.9. The van der Waals surface area contributed by atoms with Crippen molar-refractivity contribution in [1.29, 1.82) is 0 Å². The molecular weight excluding hydrogens is 533 g/mol. The van der Waals surface area contributed by atoms with Gasteiger partial charge in [-0.3, -0.25) is 9.59 Å². The van der Waals surface area contributed by atoms with Crippen molar-refractivity contribution in [3.05, 3.63) is 104 Å². The summed E-state index contributed by atoms with van der Waals surface area (Å²) in [4.78, 5) is 29.3. The summed E-state index contributed by atoms with van der Waals surface area (Å²) in [5, 5.41) is 0.736. The molecule has 208 valence electrons. The minimum Gasteiger partial charge on any atom is -0.490 e. The van der Waals surface area contributed by atoms with Crippen LogP contribution < -0.4 is 14.9 Å². The molecule has 0 bridgehead atoms. The highest BCUT2D eigenvalue weighted by Gasteiger charge is 2.43. The topological polar surface area (TPSA) is 69.0 Å². The Bertz CT molecular complexity index is 1630. The van der Waals surface area contributed by atoms with Crippen molar-refractivity contribution in [3.8, 4) is 11.5 Å². The first-order valence-electron chi connectivity index (χ1n) is 13.4. The summed E-state index contributed by atoms with van der Waals surface area (Å²) in [7, 11) is 0. The Kier molecular flexibility index (Phi) is 7.86.